The van der Waals surface area contributed by atoms with Crippen LogP contribution < -0.4 is 4.90 Å². The van der Waals surface area contributed by atoms with Crippen molar-refractivity contribution in [1.29, 1.82) is 0 Å². The summed E-state index contributed by atoms with van der Waals surface area (Å²) in [5.41, 5.74) is 10.7. The van der Waals surface area contributed by atoms with E-state index in [9.17, 15) is 0 Å². The van der Waals surface area contributed by atoms with Gasteiger partial charge in [-0.1, -0.05) is 160 Å². The fourth-order valence-corrected chi connectivity index (χ4v) is 8.48. The predicted molar refractivity (Wildman–Crippen MR) is 232 cm³/mol. The fraction of sp³-hybridized carbons (Fsp3) is 0.0769. The number of anilines is 3. The molecular formula is C52H40N2. The molecule has 9 aromatic carbocycles. The first-order chi connectivity index (χ1) is 26.4. The average Bonchev–Trinajstić information content (AvgIpc) is 3.55. The molecule has 54 heavy (non-hydrogen) atoms. The van der Waals surface area contributed by atoms with Crippen LogP contribution in [0.3, 0.4) is 0 Å². The summed E-state index contributed by atoms with van der Waals surface area (Å²) in [6, 6.07) is 69.1. The zero-order valence-electron chi connectivity index (χ0n) is 30.8. The van der Waals surface area contributed by atoms with Crippen LogP contribution in [-0.4, -0.2) is 4.57 Å². The first-order valence-electron chi connectivity index (χ1n) is 18.9. The number of nitrogens with zero attached hydrogens (tertiary/aromatic N) is 2. The number of benzene rings is 9. The second-order valence-electron chi connectivity index (χ2n) is 15.4. The van der Waals surface area contributed by atoms with E-state index < -0.39 is 0 Å². The van der Waals surface area contributed by atoms with Gasteiger partial charge in [-0.3, -0.25) is 0 Å². The zero-order valence-corrected chi connectivity index (χ0v) is 30.8. The molecule has 0 saturated heterocycles. The Morgan fingerprint density at radius 2 is 0.852 bits per heavy atom. The van der Waals surface area contributed by atoms with Crippen LogP contribution in [0.25, 0.3) is 70.9 Å². The van der Waals surface area contributed by atoms with Crippen LogP contribution in [-0.2, 0) is 5.41 Å². The SMILES string of the molecule is CC(C)(C)c1ccc(N(c2ccc3c4ccccc4c4ccccc4c3c2)c2ccc3c4ccccc4n(-c4ccccc4-c4ccccc4)c3c2)cc1. The van der Waals surface area contributed by atoms with E-state index >= 15 is 0 Å². The highest BCUT2D eigenvalue weighted by molar-refractivity contribution is 6.26. The highest BCUT2D eigenvalue weighted by Gasteiger charge is 2.21. The van der Waals surface area contributed by atoms with Crippen molar-refractivity contribution in [1.82, 2.24) is 4.57 Å². The third kappa shape index (κ3) is 5.17. The van der Waals surface area contributed by atoms with E-state index in [4.69, 9.17) is 0 Å². The lowest BCUT2D eigenvalue weighted by Gasteiger charge is -2.28. The molecule has 1 heterocycles. The third-order valence-corrected chi connectivity index (χ3v) is 11.1. The van der Waals surface area contributed by atoms with Gasteiger partial charge in [0.15, 0.2) is 0 Å². The number of para-hydroxylation sites is 2. The Hall–Kier alpha value is -6.64. The summed E-state index contributed by atoms with van der Waals surface area (Å²) in [4.78, 5) is 2.43. The first kappa shape index (κ1) is 32.0. The van der Waals surface area contributed by atoms with Gasteiger partial charge >= 0.3 is 0 Å². The van der Waals surface area contributed by atoms with Crippen LogP contribution >= 0.6 is 0 Å². The Balaban J connectivity index is 1.25. The summed E-state index contributed by atoms with van der Waals surface area (Å²) in [7, 11) is 0. The summed E-state index contributed by atoms with van der Waals surface area (Å²) >= 11 is 0. The standard InChI is InChI=1S/C52H40N2/c1-52(2,3)36-25-27-37(28-26-36)53(38-29-31-45-43-20-8-7-18-41(43)42-19-9-10-21-44(42)48(45)33-38)39-30-32-47-46-22-12-14-24-50(46)54(51(47)34-39)49-23-13-11-17-40(49)35-15-5-4-6-16-35/h4-34H,1-3H3. The van der Waals surface area contributed by atoms with Crippen molar-refractivity contribution in [3.8, 4) is 16.8 Å². The van der Waals surface area contributed by atoms with Crippen molar-refractivity contribution in [3.63, 3.8) is 0 Å². The van der Waals surface area contributed by atoms with Gasteiger partial charge in [0.25, 0.3) is 0 Å². The van der Waals surface area contributed by atoms with E-state index in [1.54, 1.807) is 0 Å². The molecule has 0 aliphatic rings. The molecule has 0 spiro atoms. The minimum absolute atomic E-state index is 0.0538. The van der Waals surface area contributed by atoms with Crippen LogP contribution in [0.15, 0.2) is 188 Å². The quantitative estimate of drug-likeness (QED) is 0.163. The summed E-state index contributed by atoms with van der Waals surface area (Å²) in [5.74, 6) is 0. The van der Waals surface area contributed by atoms with Gasteiger partial charge in [-0.25, -0.2) is 0 Å². The van der Waals surface area contributed by atoms with Crippen LogP contribution in [0.5, 0.6) is 0 Å². The average molecular weight is 693 g/mol. The number of hydrogen-bond donors (Lipinski definition) is 0. The van der Waals surface area contributed by atoms with E-state index in [-0.39, 0.29) is 5.41 Å². The molecule has 0 aliphatic carbocycles. The van der Waals surface area contributed by atoms with Crippen LogP contribution in [0.2, 0.25) is 0 Å². The Morgan fingerprint density at radius 3 is 1.52 bits per heavy atom. The topological polar surface area (TPSA) is 8.17 Å². The smallest absolute Gasteiger partial charge is 0.0562 e. The lowest BCUT2D eigenvalue weighted by molar-refractivity contribution is 0.590. The van der Waals surface area contributed by atoms with Gasteiger partial charge in [-0.05, 0) is 97.4 Å². The molecule has 0 unspecified atom stereocenters. The normalized spacial score (nSPS) is 12.0. The molecule has 1 aromatic heterocycles. The van der Waals surface area contributed by atoms with Crippen molar-refractivity contribution in [2.75, 3.05) is 4.90 Å². The van der Waals surface area contributed by atoms with Crippen molar-refractivity contribution in [2.24, 2.45) is 0 Å². The van der Waals surface area contributed by atoms with Crippen LogP contribution in [0, 0.1) is 0 Å². The van der Waals surface area contributed by atoms with E-state index in [1.165, 1.54) is 70.8 Å². The van der Waals surface area contributed by atoms with Gasteiger partial charge in [-0.2, -0.15) is 0 Å². The lowest BCUT2D eigenvalue weighted by atomic mass is 9.87. The molecule has 0 saturated carbocycles. The molecule has 0 N–H and O–H groups in total. The van der Waals surface area contributed by atoms with E-state index in [0.717, 1.165) is 22.7 Å². The maximum absolute atomic E-state index is 2.46. The molecule has 0 amide bonds. The number of aromatic nitrogens is 1. The molecule has 0 atom stereocenters. The highest BCUT2D eigenvalue weighted by Crippen LogP contribution is 2.44. The van der Waals surface area contributed by atoms with Gasteiger partial charge < -0.3 is 9.47 Å². The maximum Gasteiger partial charge on any atom is 0.0562 e. The summed E-state index contributed by atoms with van der Waals surface area (Å²) in [6.07, 6.45) is 0. The Bertz CT molecular complexity index is 2980. The Morgan fingerprint density at radius 1 is 0.370 bits per heavy atom. The molecule has 258 valence electrons. The van der Waals surface area contributed by atoms with Crippen molar-refractivity contribution in [2.45, 2.75) is 26.2 Å². The predicted octanol–water partition coefficient (Wildman–Crippen LogP) is 14.7. The zero-order chi connectivity index (χ0) is 36.4. The van der Waals surface area contributed by atoms with Gasteiger partial charge in [0, 0.05) is 33.4 Å². The number of rotatable bonds is 5. The van der Waals surface area contributed by atoms with Crippen molar-refractivity contribution >= 4 is 71.2 Å². The van der Waals surface area contributed by atoms with Crippen LogP contribution in [0.1, 0.15) is 26.3 Å². The molecule has 0 bridgehead atoms. The minimum atomic E-state index is 0.0538. The molecule has 0 radical (unpaired) electrons. The van der Waals surface area contributed by atoms with Crippen molar-refractivity contribution < 1.29 is 0 Å². The Kier molecular flexibility index (Phi) is 7.42. The molecule has 2 heteroatoms. The summed E-state index contributed by atoms with van der Waals surface area (Å²) < 4.78 is 2.46. The monoisotopic (exact) mass is 692 g/mol. The first-order valence-corrected chi connectivity index (χ1v) is 18.9. The van der Waals surface area contributed by atoms with Gasteiger partial charge in [0.05, 0.1) is 16.7 Å². The maximum atomic E-state index is 2.46. The third-order valence-electron chi connectivity index (χ3n) is 11.1. The lowest BCUT2D eigenvalue weighted by Crippen LogP contribution is -2.13. The number of hydrogen-bond acceptors (Lipinski definition) is 1. The molecule has 2 nitrogen and oxygen atoms in total. The molecule has 10 aromatic rings. The molecular weight excluding hydrogens is 653 g/mol. The van der Waals surface area contributed by atoms with Crippen LogP contribution in [0.4, 0.5) is 17.1 Å². The van der Waals surface area contributed by atoms with E-state index in [2.05, 4.69) is 218 Å². The summed E-state index contributed by atoms with van der Waals surface area (Å²) in [6.45, 7) is 6.83. The second kappa shape index (κ2) is 12.5. The minimum Gasteiger partial charge on any atom is -0.310 e. The van der Waals surface area contributed by atoms with Gasteiger partial charge in [0.2, 0.25) is 0 Å². The van der Waals surface area contributed by atoms with Gasteiger partial charge in [-0.15, -0.1) is 0 Å². The molecule has 0 aliphatic heterocycles. The summed E-state index contributed by atoms with van der Waals surface area (Å²) in [5, 5.41) is 10.1. The van der Waals surface area contributed by atoms with Gasteiger partial charge in [0.1, 0.15) is 0 Å². The Labute approximate surface area is 316 Å². The second-order valence-corrected chi connectivity index (χ2v) is 15.4. The largest absolute Gasteiger partial charge is 0.310 e. The van der Waals surface area contributed by atoms with E-state index in [1.807, 2.05) is 0 Å². The fourth-order valence-electron chi connectivity index (χ4n) is 8.48. The van der Waals surface area contributed by atoms with E-state index in [0.29, 0.717) is 0 Å². The van der Waals surface area contributed by atoms with Crippen molar-refractivity contribution in [3.05, 3.63) is 194 Å². The molecule has 0 fully saturated rings. The number of fused-ring (bicyclic) bond motifs is 9. The highest BCUT2D eigenvalue weighted by atomic mass is 15.1. The molecule has 10 rings (SSSR count).